The molecule has 1 aliphatic rings. The number of nitrogens with one attached hydrogen (secondary N) is 1. The second-order valence-corrected chi connectivity index (χ2v) is 8.93. The summed E-state index contributed by atoms with van der Waals surface area (Å²) in [6.07, 6.45) is 2.44. The molecule has 3 aromatic rings. The first-order valence-corrected chi connectivity index (χ1v) is 11.0. The molecule has 2 atom stereocenters. The van der Waals surface area contributed by atoms with E-state index in [4.69, 9.17) is 9.72 Å². The van der Waals surface area contributed by atoms with Gasteiger partial charge in [-0.1, -0.05) is 42.1 Å². The van der Waals surface area contributed by atoms with Crippen molar-refractivity contribution in [3.63, 3.8) is 0 Å². The summed E-state index contributed by atoms with van der Waals surface area (Å²) in [6, 6.07) is 14.1. The van der Waals surface area contributed by atoms with Gasteiger partial charge in [0.25, 0.3) is 0 Å². The van der Waals surface area contributed by atoms with Crippen molar-refractivity contribution in [1.82, 2.24) is 9.55 Å². The van der Waals surface area contributed by atoms with Crippen LogP contribution in [-0.4, -0.2) is 33.4 Å². The highest BCUT2D eigenvalue weighted by atomic mass is 32.2. The number of fused-ring (bicyclic) bond motifs is 1. The number of aromatic nitrogens is 2. The van der Waals surface area contributed by atoms with Crippen molar-refractivity contribution >= 4 is 34.1 Å². The van der Waals surface area contributed by atoms with Gasteiger partial charge in [0.1, 0.15) is 0 Å². The molecule has 29 heavy (non-hydrogen) atoms. The third-order valence-corrected chi connectivity index (χ3v) is 6.59. The lowest BCUT2D eigenvalue weighted by Crippen LogP contribution is -2.23. The molecule has 1 aromatic heterocycles. The SMILES string of the molecule is Cc1nc(SC(C)C(=O)Nc2ccc3ccccc3c2)n(CC2CCCO2)c1C. The molecule has 2 unspecified atom stereocenters. The first-order valence-electron chi connectivity index (χ1n) is 10.1. The van der Waals surface area contributed by atoms with Crippen LogP contribution in [0.5, 0.6) is 0 Å². The molecule has 0 spiro atoms. The zero-order valence-corrected chi connectivity index (χ0v) is 18.0. The summed E-state index contributed by atoms with van der Waals surface area (Å²) in [4.78, 5) is 17.5. The smallest absolute Gasteiger partial charge is 0.237 e. The van der Waals surface area contributed by atoms with Crippen molar-refractivity contribution in [3.05, 3.63) is 53.9 Å². The summed E-state index contributed by atoms with van der Waals surface area (Å²) in [6.45, 7) is 7.67. The van der Waals surface area contributed by atoms with E-state index < -0.39 is 0 Å². The Morgan fingerprint density at radius 1 is 1.28 bits per heavy atom. The van der Waals surface area contributed by atoms with E-state index in [0.29, 0.717) is 0 Å². The van der Waals surface area contributed by atoms with Crippen LogP contribution in [0.25, 0.3) is 10.8 Å². The molecule has 0 saturated carbocycles. The van der Waals surface area contributed by atoms with Gasteiger partial charge in [0.2, 0.25) is 5.91 Å². The van der Waals surface area contributed by atoms with Gasteiger partial charge in [-0.15, -0.1) is 0 Å². The van der Waals surface area contributed by atoms with Gasteiger partial charge in [0.05, 0.1) is 23.6 Å². The molecule has 1 N–H and O–H groups in total. The van der Waals surface area contributed by atoms with Crippen molar-refractivity contribution in [3.8, 4) is 0 Å². The number of thioether (sulfide) groups is 1. The van der Waals surface area contributed by atoms with E-state index >= 15 is 0 Å². The molecule has 6 heteroatoms. The minimum absolute atomic E-state index is 0.0211. The number of imidazole rings is 1. The number of carbonyl (C=O) groups is 1. The lowest BCUT2D eigenvalue weighted by Gasteiger charge is -2.17. The minimum Gasteiger partial charge on any atom is -0.376 e. The molecule has 4 rings (SSSR count). The summed E-state index contributed by atoms with van der Waals surface area (Å²) in [7, 11) is 0. The van der Waals surface area contributed by atoms with E-state index in [1.54, 1.807) is 0 Å². The van der Waals surface area contributed by atoms with Crippen molar-refractivity contribution in [2.45, 2.75) is 56.7 Å². The molecule has 0 radical (unpaired) electrons. The molecule has 2 aromatic carbocycles. The largest absolute Gasteiger partial charge is 0.376 e. The second kappa shape index (κ2) is 8.59. The predicted molar refractivity (Wildman–Crippen MR) is 119 cm³/mol. The van der Waals surface area contributed by atoms with Crippen LogP contribution < -0.4 is 5.32 Å². The molecule has 1 saturated heterocycles. The van der Waals surface area contributed by atoms with Crippen LogP contribution >= 0.6 is 11.8 Å². The average molecular weight is 410 g/mol. The topological polar surface area (TPSA) is 56.2 Å². The predicted octanol–water partition coefficient (Wildman–Crippen LogP) is 4.95. The van der Waals surface area contributed by atoms with Gasteiger partial charge < -0.3 is 14.6 Å². The van der Waals surface area contributed by atoms with E-state index in [2.05, 4.69) is 28.9 Å². The van der Waals surface area contributed by atoms with Gasteiger partial charge in [-0.25, -0.2) is 4.98 Å². The maximum Gasteiger partial charge on any atom is 0.237 e. The molecular formula is C23H27N3O2S. The quantitative estimate of drug-likeness (QED) is 0.585. The summed E-state index contributed by atoms with van der Waals surface area (Å²) < 4.78 is 8.01. The van der Waals surface area contributed by atoms with Crippen LogP contribution in [0, 0.1) is 13.8 Å². The van der Waals surface area contributed by atoms with Gasteiger partial charge in [-0.05, 0) is 56.5 Å². The van der Waals surface area contributed by atoms with E-state index in [1.807, 2.05) is 44.2 Å². The number of ether oxygens (including phenoxy) is 1. The number of benzene rings is 2. The number of aryl methyl sites for hydroxylation is 1. The number of nitrogens with zero attached hydrogens (tertiary/aromatic N) is 2. The molecule has 1 aliphatic heterocycles. The Kier molecular flexibility index (Phi) is 5.92. The minimum atomic E-state index is -0.258. The van der Waals surface area contributed by atoms with E-state index in [0.717, 1.165) is 59.0 Å². The highest BCUT2D eigenvalue weighted by Gasteiger charge is 2.23. The highest BCUT2D eigenvalue weighted by molar-refractivity contribution is 8.00. The Bertz CT molecular complexity index is 1020. The standard InChI is InChI=1S/C23H27N3O2S/c1-15-16(2)26(14-21-9-6-12-28-21)23(24-15)29-17(3)22(27)25-20-11-10-18-7-4-5-8-19(18)13-20/h4-5,7-8,10-11,13,17,21H,6,9,12,14H2,1-3H3,(H,25,27). The molecule has 1 fully saturated rings. The van der Waals surface area contributed by atoms with Gasteiger partial charge in [-0.3, -0.25) is 4.79 Å². The van der Waals surface area contributed by atoms with Crippen molar-refractivity contribution < 1.29 is 9.53 Å². The highest BCUT2D eigenvalue weighted by Crippen LogP contribution is 2.28. The van der Waals surface area contributed by atoms with E-state index in [9.17, 15) is 4.79 Å². The lowest BCUT2D eigenvalue weighted by molar-refractivity contribution is -0.115. The molecule has 0 bridgehead atoms. The molecule has 2 heterocycles. The monoisotopic (exact) mass is 409 g/mol. The Labute approximate surface area is 175 Å². The van der Waals surface area contributed by atoms with Crippen LogP contribution in [0.4, 0.5) is 5.69 Å². The number of anilines is 1. The molecule has 1 amide bonds. The summed E-state index contributed by atoms with van der Waals surface area (Å²) in [5.41, 5.74) is 2.97. The maximum absolute atomic E-state index is 12.8. The van der Waals surface area contributed by atoms with Gasteiger partial charge in [-0.2, -0.15) is 0 Å². The Morgan fingerprint density at radius 3 is 2.83 bits per heavy atom. The molecule has 5 nitrogen and oxygen atoms in total. The summed E-state index contributed by atoms with van der Waals surface area (Å²) >= 11 is 1.50. The van der Waals surface area contributed by atoms with Crippen molar-refractivity contribution in [1.29, 1.82) is 0 Å². The molecule has 152 valence electrons. The second-order valence-electron chi connectivity index (χ2n) is 7.62. The zero-order valence-electron chi connectivity index (χ0n) is 17.1. The maximum atomic E-state index is 12.8. The normalized spacial score (nSPS) is 17.6. The Hall–Kier alpha value is -2.31. The lowest BCUT2D eigenvalue weighted by atomic mass is 10.1. The van der Waals surface area contributed by atoms with E-state index in [1.165, 1.54) is 11.8 Å². The first kappa shape index (κ1) is 20.0. The number of hydrogen-bond acceptors (Lipinski definition) is 4. The fourth-order valence-electron chi connectivity index (χ4n) is 3.64. The van der Waals surface area contributed by atoms with Gasteiger partial charge >= 0.3 is 0 Å². The van der Waals surface area contributed by atoms with E-state index in [-0.39, 0.29) is 17.3 Å². The fourth-order valence-corrected chi connectivity index (χ4v) is 4.65. The molecular weight excluding hydrogens is 382 g/mol. The molecule has 0 aliphatic carbocycles. The first-order chi connectivity index (χ1) is 14.0. The third-order valence-electron chi connectivity index (χ3n) is 5.50. The van der Waals surface area contributed by atoms with Gasteiger partial charge in [0.15, 0.2) is 5.16 Å². The van der Waals surface area contributed by atoms with Crippen molar-refractivity contribution in [2.75, 3.05) is 11.9 Å². The van der Waals surface area contributed by atoms with Crippen LogP contribution in [0.3, 0.4) is 0 Å². The Balaban J connectivity index is 1.46. The van der Waals surface area contributed by atoms with Gasteiger partial charge in [0, 0.05) is 18.0 Å². The fraction of sp³-hybridized carbons (Fsp3) is 0.391. The number of carbonyl (C=O) groups excluding carboxylic acids is 1. The van der Waals surface area contributed by atoms with Crippen LogP contribution in [0.15, 0.2) is 47.6 Å². The number of rotatable bonds is 6. The van der Waals surface area contributed by atoms with Crippen LogP contribution in [0.1, 0.15) is 31.2 Å². The van der Waals surface area contributed by atoms with Crippen LogP contribution in [-0.2, 0) is 16.1 Å². The summed E-state index contributed by atoms with van der Waals surface area (Å²) in [5, 5.41) is 5.95. The third kappa shape index (κ3) is 4.49. The van der Waals surface area contributed by atoms with Crippen molar-refractivity contribution in [2.24, 2.45) is 0 Å². The Morgan fingerprint density at radius 2 is 2.07 bits per heavy atom. The number of hydrogen-bond donors (Lipinski definition) is 1. The van der Waals surface area contributed by atoms with Crippen LogP contribution in [0.2, 0.25) is 0 Å². The summed E-state index contributed by atoms with van der Waals surface area (Å²) in [5.74, 6) is -0.0211. The zero-order chi connectivity index (χ0) is 20.4. The average Bonchev–Trinajstić information content (AvgIpc) is 3.32. The number of amides is 1.